The number of H-pyrrole nitrogens is 1. The molecule has 0 aliphatic heterocycles. The van der Waals surface area contributed by atoms with Gasteiger partial charge in [-0.25, -0.2) is 4.98 Å². The van der Waals surface area contributed by atoms with Gasteiger partial charge in [-0.2, -0.15) is 0 Å². The summed E-state index contributed by atoms with van der Waals surface area (Å²) in [6, 6.07) is 0. The van der Waals surface area contributed by atoms with Crippen molar-refractivity contribution < 1.29 is 0 Å². The Morgan fingerprint density at radius 1 is 0.724 bits per heavy atom. The summed E-state index contributed by atoms with van der Waals surface area (Å²) >= 11 is 0. The fourth-order valence-corrected chi connectivity index (χ4v) is 5.75. The molecule has 0 radical (unpaired) electrons. The number of unbranched alkanes of at least 4 members (excludes halogenated alkanes) is 8. The number of nitrogens with zero attached hydrogens (tertiary/aromatic N) is 1. The molecule has 0 fully saturated rings. The lowest BCUT2D eigenvalue weighted by molar-refractivity contribution is 0.116. The van der Waals surface area contributed by atoms with E-state index in [0.717, 1.165) is 0 Å². The molecule has 0 saturated carbocycles. The van der Waals surface area contributed by atoms with Crippen molar-refractivity contribution in [1.82, 2.24) is 9.97 Å². The number of hydrogen-bond acceptors (Lipinski definition) is 1. The van der Waals surface area contributed by atoms with Gasteiger partial charge in [0, 0.05) is 17.3 Å². The van der Waals surface area contributed by atoms with Crippen LogP contribution in [0.4, 0.5) is 0 Å². The Balaban J connectivity index is 2.70. The van der Waals surface area contributed by atoms with E-state index in [1.54, 1.807) is 0 Å². The van der Waals surface area contributed by atoms with E-state index in [9.17, 15) is 0 Å². The van der Waals surface area contributed by atoms with E-state index in [-0.39, 0.29) is 5.41 Å². The molecule has 0 saturated heterocycles. The van der Waals surface area contributed by atoms with Gasteiger partial charge in [0.25, 0.3) is 0 Å². The third kappa shape index (κ3) is 10.7. The van der Waals surface area contributed by atoms with E-state index >= 15 is 0 Å². The maximum absolute atomic E-state index is 4.27. The summed E-state index contributed by atoms with van der Waals surface area (Å²) < 4.78 is 0. The zero-order valence-electron chi connectivity index (χ0n) is 21.0. The average molecular weight is 405 g/mol. The van der Waals surface area contributed by atoms with Crippen molar-refractivity contribution in [1.29, 1.82) is 0 Å². The second-order valence-electron chi connectivity index (χ2n) is 11.5. The van der Waals surface area contributed by atoms with Crippen LogP contribution < -0.4 is 0 Å². The highest BCUT2D eigenvalue weighted by Crippen LogP contribution is 2.47. The summed E-state index contributed by atoms with van der Waals surface area (Å²) in [5.41, 5.74) is 2.22. The Bertz CT molecular complexity index is 499. The van der Waals surface area contributed by atoms with Crippen LogP contribution in [0.25, 0.3) is 0 Å². The average Bonchev–Trinajstić information content (AvgIpc) is 3.15. The van der Waals surface area contributed by atoms with Crippen molar-refractivity contribution in [3.63, 3.8) is 0 Å². The van der Waals surface area contributed by atoms with Crippen LogP contribution >= 0.6 is 0 Å². The summed E-state index contributed by atoms with van der Waals surface area (Å²) in [5, 5.41) is 0. The minimum Gasteiger partial charge on any atom is -0.348 e. The fraction of sp³-hybridized carbons (Fsp3) is 0.889. The molecular formula is C27H52N2. The van der Waals surface area contributed by atoms with Crippen LogP contribution in [0.3, 0.4) is 0 Å². The first-order valence-electron chi connectivity index (χ1n) is 12.6. The molecule has 1 heterocycles. The topological polar surface area (TPSA) is 28.7 Å². The Morgan fingerprint density at radius 3 is 1.69 bits per heavy atom. The van der Waals surface area contributed by atoms with Crippen molar-refractivity contribution in [3.8, 4) is 0 Å². The summed E-state index contributed by atoms with van der Waals surface area (Å²) in [6.07, 6.45) is 23.1. The van der Waals surface area contributed by atoms with Crippen molar-refractivity contribution >= 4 is 0 Å². The molecule has 0 unspecified atom stereocenters. The lowest BCUT2D eigenvalue weighted by Crippen LogP contribution is -2.32. The number of aromatic amines is 1. The normalized spacial score (nSPS) is 13.2. The Hall–Kier alpha value is -0.790. The van der Waals surface area contributed by atoms with E-state index in [4.69, 9.17) is 0 Å². The molecule has 1 aromatic heterocycles. The van der Waals surface area contributed by atoms with Gasteiger partial charge in [0.05, 0.1) is 6.33 Å². The molecule has 0 amide bonds. The molecule has 1 N–H and O–H groups in total. The molecular weight excluding hydrogens is 352 g/mol. The van der Waals surface area contributed by atoms with E-state index in [1.165, 1.54) is 95.6 Å². The van der Waals surface area contributed by atoms with Crippen LogP contribution in [0, 0.1) is 10.8 Å². The quantitative estimate of drug-likeness (QED) is 0.257. The second kappa shape index (κ2) is 12.8. The summed E-state index contributed by atoms with van der Waals surface area (Å²) in [5.74, 6) is 0. The monoisotopic (exact) mass is 404 g/mol. The molecule has 170 valence electrons. The number of imidazole rings is 1. The third-order valence-corrected chi connectivity index (χ3v) is 6.82. The summed E-state index contributed by atoms with van der Waals surface area (Å²) in [7, 11) is 0. The molecule has 0 aliphatic rings. The highest BCUT2D eigenvalue weighted by atomic mass is 14.9. The van der Waals surface area contributed by atoms with Crippen LogP contribution in [0.15, 0.2) is 12.5 Å². The fourth-order valence-electron chi connectivity index (χ4n) is 5.75. The van der Waals surface area contributed by atoms with E-state index in [0.29, 0.717) is 10.8 Å². The van der Waals surface area contributed by atoms with Crippen LogP contribution in [-0.4, -0.2) is 9.97 Å². The Morgan fingerprint density at radius 2 is 1.24 bits per heavy atom. The standard InChI is InChI=1S/C27H52N2/c1-8-10-12-14-16-18-27(7,19-17-15-13-11-9-2)22-25(3,4)21-26(5,6)24-20-28-23-29-24/h20,23H,8-19,21-22H2,1-7H3,(H,28,29). The van der Waals surface area contributed by atoms with Gasteiger partial charge in [-0.3, -0.25) is 0 Å². The molecule has 0 spiro atoms. The van der Waals surface area contributed by atoms with Crippen molar-refractivity contribution in [2.24, 2.45) is 10.8 Å². The van der Waals surface area contributed by atoms with E-state index < -0.39 is 0 Å². The van der Waals surface area contributed by atoms with Gasteiger partial charge >= 0.3 is 0 Å². The van der Waals surface area contributed by atoms with Crippen molar-refractivity contribution in [2.45, 2.75) is 144 Å². The predicted molar refractivity (Wildman–Crippen MR) is 129 cm³/mol. The maximum Gasteiger partial charge on any atom is 0.0921 e. The van der Waals surface area contributed by atoms with Crippen LogP contribution in [0.1, 0.15) is 144 Å². The summed E-state index contributed by atoms with van der Waals surface area (Å²) in [4.78, 5) is 7.63. The largest absolute Gasteiger partial charge is 0.348 e. The van der Waals surface area contributed by atoms with E-state index in [2.05, 4.69) is 58.4 Å². The van der Waals surface area contributed by atoms with Crippen LogP contribution in [0.5, 0.6) is 0 Å². The molecule has 2 nitrogen and oxygen atoms in total. The van der Waals surface area contributed by atoms with Gasteiger partial charge in [0.2, 0.25) is 0 Å². The zero-order chi connectivity index (χ0) is 21.8. The van der Waals surface area contributed by atoms with Crippen LogP contribution in [0.2, 0.25) is 0 Å². The predicted octanol–water partition coefficient (Wildman–Crippen LogP) is 9.22. The molecule has 1 aromatic rings. The zero-order valence-corrected chi connectivity index (χ0v) is 21.0. The SMILES string of the molecule is CCCCCCCC(C)(CCCCCCC)CC(C)(C)CC(C)(C)c1cnc[nH]1. The minimum absolute atomic E-state index is 0.142. The maximum atomic E-state index is 4.27. The second-order valence-corrected chi connectivity index (χ2v) is 11.5. The first-order valence-corrected chi connectivity index (χ1v) is 12.6. The van der Waals surface area contributed by atoms with Gasteiger partial charge in [0.1, 0.15) is 0 Å². The lowest BCUT2D eigenvalue weighted by Gasteiger charge is -2.42. The first kappa shape index (κ1) is 26.2. The highest BCUT2D eigenvalue weighted by Gasteiger charge is 2.36. The van der Waals surface area contributed by atoms with Gasteiger partial charge < -0.3 is 4.98 Å². The van der Waals surface area contributed by atoms with Gasteiger partial charge in [-0.1, -0.05) is 113 Å². The first-order chi connectivity index (χ1) is 13.6. The van der Waals surface area contributed by atoms with Gasteiger partial charge in [-0.15, -0.1) is 0 Å². The van der Waals surface area contributed by atoms with Gasteiger partial charge in [-0.05, 0) is 36.5 Å². The molecule has 0 bridgehead atoms. The Kier molecular flexibility index (Phi) is 11.6. The third-order valence-electron chi connectivity index (χ3n) is 6.82. The molecule has 0 aliphatic carbocycles. The molecule has 29 heavy (non-hydrogen) atoms. The molecule has 0 atom stereocenters. The number of hydrogen-bond donors (Lipinski definition) is 1. The molecule has 0 aromatic carbocycles. The van der Waals surface area contributed by atoms with Crippen molar-refractivity contribution in [2.75, 3.05) is 0 Å². The summed E-state index contributed by atoms with van der Waals surface area (Å²) in [6.45, 7) is 17.0. The Labute approximate surface area is 183 Å². The molecule has 2 heteroatoms. The smallest absolute Gasteiger partial charge is 0.0921 e. The van der Waals surface area contributed by atoms with Crippen LogP contribution in [-0.2, 0) is 5.41 Å². The number of nitrogens with one attached hydrogen (secondary N) is 1. The van der Waals surface area contributed by atoms with E-state index in [1.807, 2.05) is 12.5 Å². The molecule has 1 rings (SSSR count). The minimum atomic E-state index is 0.142. The lowest BCUT2D eigenvalue weighted by atomic mass is 9.64. The highest BCUT2D eigenvalue weighted by molar-refractivity contribution is 5.11. The number of aromatic nitrogens is 2. The van der Waals surface area contributed by atoms with Crippen molar-refractivity contribution in [3.05, 3.63) is 18.2 Å². The van der Waals surface area contributed by atoms with Gasteiger partial charge in [0.15, 0.2) is 0 Å². The number of rotatable bonds is 17.